The zero-order valence-corrected chi connectivity index (χ0v) is 10.3. The Labute approximate surface area is 113 Å². The number of anilines is 1. The summed E-state index contributed by atoms with van der Waals surface area (Å²) in [5.74, 6) is -0.123. The van der Waals surface area contributed by atoms with Gasteiger partial charge in [0.15, 0.2) is 6.61 Å². The fraction of sp³-hybridized carbons (Fsp3) is 0.154. The predicted molar refractivity (Wildman–Crippen MR) is 67.9 cm³/mol. The number of halogens is 2. The number of pyridine rings is 2. The van der Waals surface area contributed by atoms with Crippen LogP contribution in [0.4, 0.5) is 14.6 Å². The Kier molecular flexibility index (Phi) is 4.54. The van der Waals surface area contributed by atoms with Crippen molar-refractivity contribution in [3.63, 3.8) is 0 Å². The smallest absolute Gasteiger partial charge is 0.272 e. The van der Waals surface area contributed by atoms with Gasteiger partial charge in [-0.15, -0.1) is 0 Å². The van der Waals surface area contributed by atoms with E-state index >= 15 is 0 Å². The first-order chi connectivity index (χ1) is 9.65. The lowest BCUT2D eigenvalue weighted by Crippen LogP contribution is -2.14. The minimum atomic E-state index is -2.58. The molecule has 2 aromatic heterocycles. The summed E-state index contributed by atoms with van der Waals surface area (Å²) in [5.41, 5.74) is 0.417. The van der Waals surface area contributed by atoms with Gasteiger partial charge in [0.2, 0.25) is 5.88 Å². The van der Waals surface area contributed by atoms with E-state index in [4.69, 9.17) is 4.74 Å². The number of carbonyl (C=O) groups excluding carboxylic acids is 1. The van der Waals surface area contributed by atoms with E-state index in [-0.39, 0.29) is 17.6 Å². The number of rotatable bonds is 5. The van der Waals surface area contributed by atoms with Crippen molar-refractivity contribution < 1.29 is 18.3 Å². The summed E-state index contributed by atoms with van der Waals surface area (Å²) in [7, 11) is 0. The molecule has 0 aliphatic rings. The van der Waals surface area contributed by atoms with Crippen molar-refractivity contribution in [2.45, 2.75) is 6.43 Å². The highest BCUT2D eigenvalue weighted by atomic mass is 19.3. The summed E-state index contributed by atoms with van der Waals surface area (Å²) < 4.78 is 28.8. The molecular formula is C13H11F2N3O2. The summed E-state index contributed by atoms with van der Waals surface area (Å²) in [6.45, 7) is -0.741. The molecule has 0 unspecified atom stereocenters. The summed E-state index contributed by atoms with van der Waals surface area (Å²) in [6.07, 6.45) is 0.404. The molecule has 0 atom stereocenters. The maximum Gasteiger partial charge on any atom is 0.272 e. The first-order valence-corrected chi connectivity index (χ1v) is 5.74. The van der Waals surface area contributed by atoms with Crippen LogP contribution in [-0.2, 0) is 0 Å². The van der Waals surface area contributed by atoms with Crippen molar-refractivity contribution in [3.8, 4) is 5.88 Å². The van der Waals surface area contributed by atoms with Crippen LogP contribution in [0.3, 0.4) is 0 Å². The van der Waals surface area contributed by atoms with Gasteiger partial charge in [0.05, 0.1) is 0 Å². The molecule has 2 heterocycles. The fourth-order valence-electron chi connectivity index (χ4n) is 1.40. The third-order valence-electron chi connectivity index (χ3n) is 2.26. The molecule has 0 radical (unpaired) electrons. The molecule has 0 bridgehead atoms. The molecule has 0 saturated heterocycles. The number of nitrogens with zero attached hydrogens (tertiary/aromatic N) is 2. The lowest BCUT2D eigenvalue weighted by molar-refractivity contribution is 0.0796. The molecule has 5 nitrogen and oxygen atoms in total. The molecule has 7 heteroatoms. The first kappa shape index (κ1) is 13.9. The number of amides is 1. The topological polar surface area (TPSA) is 64.1 Å². The monoisotopic (exact) mass is 279 g/mol. The Morgan fingerprint density at radius 3 is 2.70 bits per heavy atom. The molecule has 1 N–H and O–H groups in total. The van der Waals surface area contributed by atoms with Crippen LogP contribution in [0.2, 0.25) is 0 Å². The van der Waals surface area contributed by atoms with E-state index in [2.05, 4.69) is 15.3 Å². The van der Waals surface area contributed by atoms with Crippen molar-refractivity contribution in [3.05, 3.63) is 48.3 Å². The average Bonchev–Trinajstić information content (AvgIpc) is 2.46. The Bertz CT molecular complexity index is 579. The maximum atomic E-state index is 12.0. The molecule has 20 heavy (non-hydrogen) atoms. The van der Waals surface area contributed by atoms with Gasteiger partial charge in [0, 0.05) is 24.0 Å². The number of hydrogen-bond donors (Lipinski definition) is 1. The van der Waals surface area contributed by atoms with Gasteiger partial charge in [-0.1, -0.05) is 6.07 Å². The Balaban J connectivity index is 2.02. The summed E-state index contributed by atoms with van der Waals surface area (Å²) in [6, 6.07) is 7.62. The largest absolute Gasteiger partial charge is 0.472 e. The van der Waals surface area contributed by atoms with Gasteiger partial charge >= 0.3 is 0 Å². The van der Waals surface area contributed by atoms with E-state index in [1.807, 2.05) is 0 Å². The molecule has 0 aliphatic heterocycles. The number of alkyl halides is 2. The second-order valence-electron chi connectivity index (χ2n) is 3.75. The van der Waals surface area contributed by atoms with E-state index < -0.39 is 13.0 Å². The van der Waals surface area contributed by atoms with Crippen LogP contribution in [0.1, 0.15) is 10.4 Å². The van der Waals surface area contributed by atoms with Crippen molar-refractivity contribution in [2.75, 3.05) is 11.9 Å². The first-order valence-electron chi connectivity index (χ1n) is 5.74. The number of carbonyl (C=O) groups is 1. The molecule has 0 spiro atoms. The molecule has 2 rings (SSSR count). The number of ether oxygens (including phenoxy) is 1. The number of hydrogen-bond acceptors (Lipinski definition) is 4. The quantitative estimate of drug-likeness (QED) is 0.912. The van der Waals surface area contributed by atoms with Gasteiger partial charge in [-0.2, -0.15) is 4.98 Å². The minimum absolute atomic E-state index is 0.0258. The molecule has 0 aromatic carbocycles. The average molecular weight is 279 g/mol. The second-order valence-corrected chi connectivity index (χ2v) is 3.75. The van der Waals surface area contributed by atoms with Crippen LogP contribution in [0.25, 0.3) is 0 Å². The normalized spacial score (nSPS) is 10.3. The Morgan fingerprint density at radius 2 is 2.00 bits per heavy atom. The summed E-state index contributed by atoms with van der Waals surface area (Å²) in [5, 5.41) is 2.54. The van der Waals surface area contributed by atoms with Crippen LogP contribution in [-0.4, -0.2) is 28.9 Å². The zero-order valence-electron chi connectivity index (χ0n) is 10.3. The summed E-state index contributed by atoms with van der Waals surface area (Å²) >= 11 is 0. The van der Waals surface area contributed by atoms with Gasteiger partial charge in [-0.25, -0.2) is 8.78 Å². The van der Waals surface area contributed by atoms with Crippen LogP contribution in [0, 0.1) is 0 Å². The highest BCUT2D eigenvalue weighted by Gasteiger charge is 2.08. The second kappa shape index (κ2) is 6.55. The summed E-state index contributed by atoms with van der Waals surface area (Å²) in [4.78, 5) is 19.6. The SMILES string of the molecule is O=C(Nc1cccc(OCC(F)F)n1)c1ccncc1. The zero-order chi connectivity index (χ0) is 14.4. The molecular weight excluding hydrogens is 268 g/mol. The molecule has 0 aliphatic carbocycles. The van der Waals surface area contributed by atoms with E-state index in [9.17, 15) is 13.6 Å². The molecule has 0 saturated carbocycles. The maximum absolute atomic E-state index is 12.0. The van der Waals surface area contributed by atoms with Crippen molar-refractivity contribution >= 4 is 11.7 Å². The minimum Gasteiger partial charge on any atom is -0.472 e. The van der Waals surface area contributed by atoms with Crippen molar-refractivity contribution in [2.24, 2.45) is 0 Å². The molecule has 0 fully saturated rings. The predicted octanol–water partition coefficient (Wildman–Crippen LogP) is 2.37. The van der Waals surface area contributed by atoms with E-state index in [0.717, 1.165) is 0 Å². The molecule has 104 valence electrons. The van der Waals surface area contributed by atoms with E-state index in [0.29, 0.717) is 5.56 Å². The van der Waals surface area contributed by atoms with E-state index in [1.165, 1.54) is 24.5 Å². The Hall–Kier alpha value is -2.57. The third-order valence-corrected chi connectivity index (χ3v) is 2.26. The van der Waals surface area contributed by atoms with Gasteiger partial charge in [0.25, 0.3) is 12.3 Å². The molecule has 2 aromatic rings. The highest BCUT2D eigenvalue weighted by molar-refractivity contribution is 6.03. The molecule has 1 amide bonds. The number of nitrogens with one attached hydrogen (secondary N) is 1. The lowest BCUT2D eigenvalue weighted by Gasteiger charge is -2.07. The third kappa shape index (κ3) is 3.98. The van der Waals surface area contributed by atoms with Gasteiger partial charge in [0.1, 0.15) is 5.82 Å². The van der Waals surface area contributed by atoms with E-state index in [1.54, 1.807) is 18.2 Å². The Morgan fingerprint density at radius 1 is 1.25 bits per heavy atom. The fourth-order valence-corrected chi connectivity index (χ4v) is 1.40. The van der Waals surface area contributed by atoms with Crippen LogP contribution in [0.5, 0.6) is 5.88 Å². The van der Waals surface area contributed by atoms with Crippen molar-refractivity contribution in [1.29, 1.82) is 0 Å². The standard InChI is InChI=1S/C13H11F2N3O2/c14-10(15)8-20-12-3-1-2-11(17-12)18-13(19)9-4-6-16-7-5-9/h1-7,10H,8H2,(H,17,18,19). The van der Waals surface area contributed by atoms with Gasteiger partial charge < -0.3 is 10.1 Å². The van der Waals surface area contributed by atoms with Gasteiger partial charge in [-0.3, -0.25) is 9.78 Å². The van der Waals surface area contributed by atoms with Gasteiger partial charge in [-0.05, 0) is 18.2 Å². The van der Waals surface area contributed by atoms with Crippen molar-refractivity contribution in [1.82, 2.24) is 9.97 Å². The number of aromatic nitrogens is 2. The van der Waals surface area contributed by atoms with Crippen LogP contribution in [0.15, 0.2) is 42.7 Å². The van der Waals surface area contributed by atoms with Crippen LogP contribution < -0.4 is 10.1 Å². The van der Waals surface area contributed by atoms with Crippen LogP contribution >= 0.6 is 0 Å². The highest BCUT2D eigenvalue weighted by Crippen LogP contribution is 2.13. The lowest BCUT2D eigenvalue weighted by atomic mass is 10.2.